The monoisotopic (exact) mass is 400 g/mol. The average molecular weight is 401 g/mol. The minimum Gasteiger partial charge on any atom is -0.466 e. The number of anilines is 1. The molecule has 158 valence electrons. The van der Waals surface area contributed by atoms with Crippen LogP contribution in [-0.4, -0.2) is 55.4 Å². The van der Waals surface area contributed by atoms with Gasteiger partial charge >= 0.3 is 5.97 Å². The lowest BCUT2D eigenvalue weighted by molar-refractivity contribution is -0.144. The van der Waals surface area contributed by atoms with Crippen molar-refractivity contribution < 1.29 is 14.3 Å². The zero-order valence-corrected chi connectivity index (χ0v) is 17.2. The first kappa shape index (κ1) is 21.1. The molecule has 0 aliphatic carbocycles. The summed E-state index contributed by atoms with van der Waals surface area (Å²) in [4.78, 5) is 28.9. The van der Waals surface area contributed by atoms with E-state index < -0.39 is 0 Å². The van der Waals surface area contributed by atoms with Gasteiger partial charge in [-0.2, -0.15) is 0 Å². The number of hydrogen-bond donors (Lipinski definition) is 2. The van der Waals surface area contributed by atoms with Crippen LogP contribution in [0.25, 0.3) is 0 Å². The van der Waals surface area contributed by atoms with Gasteiger partial charge in [-0.15, -0.1) is 0 Å². The van der Waals surface area contributed by atoms with Crippen LogP contribution in [0.3, 0.4) is 0 Å². The van der Waals surface area contributed by atoms with Gasteiger partial charge in [-0.1, -0.05) is 0 Å². The zero-order valence-electron chi connectivity index (χ0n) is 17.2. The number of benzene rings is 1. The number of esters is 1. The first-order valence-electron chi connectivity index (χ1n) is 10.6. The van der Waals surface area contributed by atoms with Crippen molar-refractivity contribution in [3.8, 4) is 0 Å². The number of amides is 1. The van der Waals surface area contributed by atoms with Gasteiger partial charge in [0, 0.05) is 49.8 Å². The molecule has 0 atom stereocenters. The van der Waals surface area contributed by atoms with Crippen LogP contribution in [0.1, 0.15) is 44.6 Å². The largest absolute Gasteiger partial charge is 0.466 e. The fraction of sp³-hybridized carbons (Fsp3) is 0.591. The van der Waals surface area contributed by atoms with Crippen molar-refractivity contribution in [2.75, 3.05) is 37.7 Å². The van der Waals surface area contributed by atoms with Crippen LogP contribution in [0.5, 0.6) is 0 Å². The van der Waals surface area contributed by atoms with Crippen molar-refractivity contribution >= 4 is 23.4 Å². The fourth-order valence-corrected chi connectivity index (χ4v) is 4.31. The summed E-state index contributed by atoms with van der Waals surface area (Å²) >= 11 is 0. The Labute approximate surface area is 172 Å². The molecule has 1 amide bonds. The summed E-state index contributed by atoms with van der Waals surface area (Å²) in [6.45, 7) is 5.46. The second-order valence-electron chi connectivity index (χ2n) is 8.00. The molecule has 2 saturated heterocycles. The summed E-state index contributed by atoms with van der Waals surface area (Å²) < 4.78 is 5.04. The van der Waals surface area contributed by atoms with Gasteiger partial charge in [0.05, 0.1) is 6.61 Å². The average Bonchev–Trinajstić information content (AvgIpc) is 2.74. The topological polar surface area (TPSA) is 99.7 Å². The summed E-state index contributed by atoms with van der Waals surface area (Å²) in [5.74, 6) is 0.640. The maximum Gasteiger partial charge on any atom is 0.306 e. The third-order valence-corrected chi connectivity index (χ3v) is 6.07. The Morgan fingerprint density at radius 2 is 1.69 bits per heavy atom. The highest BCUT2D eigenvalue weighted by atomic mass is 16.5. The predicted octanol–water partition coefficient (Wildman–Crippen LogP) is 2.38. The van der Waals surface area contributed by atoms with Crippen molar-refractivity contribution in [2.45, 2.75) is 39.0 Å². The van der Waals surface area contributed by atoms with Crippen LogP contribution >= 0.6 is 0 Å². The van der Waals surface area contributed by atoms with Crippen LogP contribution in [0.4, 0.5) is 5.69 Å². The second kappa shape index (κ2) is 9.76. The quantitative estimate of drug-likeness (QED) is 0.434. The molecule has 0 bridgehead atoms. The van der Waals surface area contributed by atoms with E-state index in [0.717, 1.165) is 63.1 Å². The molecule has 3 rings (SSSR count). The minimum absolute atomic E-state index is 0.0758. The van der Waals surface area contributed by atoms with Gasteiger partial charge in [0.1, 0.15) is 5.84 Å². The number of hydrogen-bond acceptors (Lipinski definition) is 5. The summed E-state index contributed by atoms with van der Waals surface area (Å²) in [7, 11) is 0. The predicted molar refractivity (Wildman–Crippen MR) is 113 cm³/mol. The number of nitrogens with zero attached hydrogens (tertiary/aromatic N) is 2. The fourth-order valence-electron chi connectivity index (χ4n) is 4.31. The maximum absolute atomic E-state index is 12.9. The number of amidine groups is 1. The minimum atomic E-state index is -0.124. The molecular weight excluding hydrogens is 368 g/mol. The number of rotatable bonds is 6. The highest BCUT2D eigenvalue weighted by Crippen LogP contribution is 2.27. The Morgan fingerprint density at radius 3 is 2.24 bits per heavy atom. The third-order valence-electron chi connectivity index (χ3n) is 6.07. The van der Waals surface area contributed by atoms with E-state index in [1.807, 2.05) is 36.1 Å². The normalized spacial score (nSPS) is 18.5. The number of carbonyl (C=O) groups excluding carboxylic acids is 2. The smallest absolute Gasteiger partial charge is 0.306 e. The number of nitrogens with two attached hydrogens (primary N) is 1. The summed E-state index contributed by atoms with van der Waals surface area (Å²) in [5, 5.41) is 7.48. The second-order valence-corrected chi connectivity index (χ2v) is 8.00. The van der Waals surface area contributed by atoms with E-state index in [4.69, 9.17) is 15.9 Å². The SMILES string of the molecule is CCOC(=O)CC1CCN(C(=O)C2CCN(c3ccc(C(=N)N)cc3)CC2)CC1. The molecule has 3 N–H and O–H groups in total. The molecule has 2 heterocycles. The number of ether oxygens (including phenoxy) is 1. The van der Waals surface area contributed by atoms with E-state index in [9.17, 15) is 9.59 Å². The molecule has 7 heteroatoms. The van der Waals surface area contributed by atoms with E-state index in [1.165, 1.54) is 0 Å². The molecule has 1 aromatic rings. The van der Waals surface area contributed by atoms with Gasteiger partial charge in [-0.05, 0) is 62.8 Å². The Kier molecular flexibility index (Phi) is 7.12. The van der Waals surface area contributed by atoms with Crippen molar-refractivity contribution in [3.05, 3.63) is 29.8 Å². The summed E-state index contributed by atoms with van der Waals surface area (Å²) in [6.07, 6.45) is 3.95. The zero-order chi connectivity index (χ0) is 20.8. The molecule has 2 fully saturated rings. The van der Waals surface area contributed by atoms with E-state index in [-0.39, 0.29) is 23.6 Å². The molecule has 0 spiro atoms. The van der Waals surface area contributed by atoms with Gasteiger partial charge in [-0.3, -0.25) is 15.0 Å². The van der Waals surface area contributed by atoms with E-state index >= 15 is 0 Å². The van der Waals surface area contributed by atoms with Crippen LogP contribution < -0.4 is 10.6 Å². The van der Waals surface area contributed by atoms with Crippen LogP contribution in [-0.2, 0) is 14.3 Å². The van der Waals surface area contributed by atoms with Gasteiger partial charge in [-0.25, -0.2) is 0 Å². The number of piperidine rings is 2. The van der Waals surface area contributed by atoms with Crippen LogP contribution in [0.15, 0.2) is 24.3 Å². The molecule has 1 aromatic carbocycles. The van der Waals surface area contributed by atoms with Crippen molar-refractivity contribution in [1.29, 1.82) is 5.41 Å². The Hall–Kier alpha value is -2.57. The molecule has 2 aliphatic heterocycles. The lowest BCUT2D eigenvalue weighted by Crippen LogP contribution is -2.45. The first-order valence-corrected chi connectivity index (χ1v) is 10.6. The Balaban J connectivity index is 1.44. The molecule has 7 nitrogen and oxygen atoms in total. The summed E-state index contributed by atoms with van der Waals surface area (Å²) in [5.41, 5.74) is 7.35. The molecule has 0 unspecified atom stereocenters. The maximum atomic E-state index is 12.9. The number of carbonyl (C=O) groups is 2. The van der Waals surface area contributed by atoms with E-state index in [0.29, 0.717) is 18.9 Å². The van der Waals surface area contributed by atoms with Crippen LogP contribution in [0.2, 0.25) is 0 Å². The first-order chi connectivity index (χ1) is 14.0. The van der Waals surface area contributed by atoms with Crippen molar-refractivity contribution in [3.63, 3.8) is 0 Å². The highest BCUT2D eigenvalue weighted by Gasteiger charge is 2.31. The lowest BCUT2D eigenvalue weighted by atomic mass is 9.90. The standard InChI is InChI=1S/C22H32N4O3/c1-2-29-20(27)15-16-7-11-26(12-8-16)22(28)18-9-13-25(14-10-18)19-5-3-17(4-6-19)21(23)24/h3-6,16,18H,2,7-15H2,1H3,(H3,23,24). The summed E-state index contributed by atoms with van der Waals surface area (Å²) in [6, 6.07) is 7.73. The van der Waals surface area contributed by atoms with Gasteiger partial charge < -0.3 is 20.3 Å². The lowest BCUT2D eigenvalue weighted by Gasteiger charge is -2.38. The molecular formula is C22H32N4O3. The molecule has 0 radical (unpaired) electrons. The van der Waals surface area contributed by atoms with Gasteiger partial charge in [0.25, 0.3) is 0 Å². The molecule has 0 saturated carbocycles. The molecule has 2 aliphatic rings. The number of nitrogen functional groups attached to an aromatic ring is 1. The van der Waals surface area contributed by atoms with Gasteiger partial charge in [0.15, 0.2) is 0 Å². The van der Waals surface area contributed by atoms with Gasteiger partial charge in [0.2, 0.25) is 5.91 Å². The van der Waals surface area contributed by atoms with E-state index in [2.05, 4.69) is 4.90 Å². The highest BCUT2D eigenvalue weighted by molar-refractivity contribution is 5.95. The Bertz CT molecular complexity index is 718. The van der Waals surface area contributed by atoms with Crippen molar-refractivity contribution in [1.82, 2.24) is 4.90 Å². The van der Waals surface area contributed by atoms with Crippen molar-refractivity contribution in [2.24, 2.45) is 17.6 Å². The number of nitrogens with one attached hydrogen (secondary N) is 1. The third kappa shape index (κ3) is 5.49. The Morgan fingerprint density at radius 1 is 1.07 bits per heavy atom. The number of likely N-dealkylation sites (tertiary alicyclic amines) is 1. The van der Waals surface area contributed by atoms with Crippen LogP contribution in [0, 0.1) is 17.2 Å². The molecule has 0 aromatic heterocycles. The molecule has 29 heavy (non-hydrogen) atoms. The van der Waals surface area contributed by atoms with E-state index in [1.54, 1.807) is 0 Å².